The Hall–Kier alpha value is -0.960. The van der Waals surface area contributed by atoms with Crippen LogP contribution >= 0.6 is 0 Å². The first-order valence-electron chi connectivity index (χ1n) is 8.02. The third-order valence-corrected chi connectivity index (χ3v) is 4.82. The minimum absolute atomic E-state index is 0.205. The van der Waals surface area contributed by atoms with Crippen LogP contribution in [0.15, 0.2) is 23.1 Å². The summed E-state index contributed by atoms with van der Waals surface area (Å²) >= 11 is 0. The van der Waals surface area contributed by atoms with Gasteiger partial charge in [0, 0.05) is 12.5 Å². The van der Waals surface area contributed by atoms with E-state index >= 15 is 0 Å². The van der Waals surface area contributed by atoms with Crippen LogP contribution in [0.4, 0.5) is 0 Å². The molecule has 2 aliphatic carbocycles. The molecular formula is C17H30N2O. The smallest absolute Gasteiger partial charge is 0.120 e. The first kappa shape index (κ1) is 15.4. The predicted octanol–water partition coefficient (Wildman–Crippen LogP) is 3.33. The molecule has 2 aliphatic rings. The Labute approximate surface area is 123 Å². The van der Waals surface area contributed by atoms with Crippen molar-refractivity contribution >= 4 is 0 Å². The van der Waals surface area contributed by atoms with Crippen molar-refractivity contribution in [3.8, 4) is 0 Å². The highest BCUT2D eigenvalue weighted by Crippen LogP contribution is 2.40. The Morgan fingerprint density at radius 3 is 2.45 bits per heavy atom. The van der Waals surface area contributed by atoms with Crippen molar-refractivity contribution in [1.29, 1.82) is 0 Å². The van der Waals surface area contributed by atoms with Crippen LogP contribution in [0.5, 0.6) is 0 Å². The second-order valence-electron chi connectivity index (χ2n) is 6.64. The van der Waals surface area contributed by atoms with Crippen LogP contribution in [-0.2, 0) is 4.74 Å². The molecule has 0 aromatic heterocycles. The molecule has 0 amide bonds. The largest absolute Gasteiger partial charge is 0.493 e. The Kier molecular flexibility index (Phi) is 5.14. The van der Waals surface area contributed by atoms with E-state index in [-0.39, 0.29) is 6.10 Å². The van der Waals surface area contributed by atoms with Crippen molar-refractivity contribution in [2.75, 3.05) is 7.05 Å². The lowest BCUT2D eigenvalue weighted by atomic mass is 9.72. The molecule has 2 rings (SSSR count). The second kappa shape index (κ2) is 6.66. The molecule has 0 aromatic rings. The molecule has 20 heavy (non-hydrogen) atoms. The summed E-state index contributed by atoms with van der Waals surface area (Å²) in [5.41, 5.74) is 8.39. The molecule has 3 N–H and O–H groups in total. The molecule has 1 fully saturated rings. The zero-order valence-corrected chi connectivity index (χ0v) is 13.4. The summed E-state index contributed by atoms with van der Waals surface area (Å²) in [7, 11) is 2.08. The van der Waals surface area contributed by atoms with Crippen LogP contribution in [0.1, 0.15) is 52.9 Å². The number of allylic oxidation sites excluding steroid dienone is 3. The third kappa shape index (κ3) is 3.57. The summed E-state index contributed by atoms with van der Waals surface area (Å²) < 4.78 is 5.91. The van der Waals surface area contributed by atoms with Crippen molar-refractivity contribution in [3.05, 3.63) is 23.1 Å². The Bertz CT molecular complexity index is 390. The molecule has 0 aliphatic heterocycles. The van der Waals surface area contributed by atoms with Crippen molar-refractivity contribution in [1.82, 2.24) is 5.32 Å². The Balaban J connectivity index is 2.02. The maximum absolute atomic E-state index is 6.12. The minimum Gasteiger partial charge on any atom is -0.493 e. The van der Waals surface area contributed by atoms with E-state index in [1.807, 2.05) is 0 Å². The highest BCUT2D eigenvalue weighted by molar-refractivity contribution is 5.30. The number of hydrogen-bond acceptors (Lipinski definition) is 3. The quantitative estimate of drug-likeness (QED) is 0.829. The third-order valence-electron chi connectivity index (χ3n) is 4.82. The summed E-state index contributed by atoms with van der Waals surface area (Å²) in [6, 6.07) is 0.714. The molecule has 0 aromatic carbocycles. The molecular weight excluding hydrogens is 248 g/mol. The molecule has 3 nitrogen and oxygen atoms in total. The van der Waals surface area contributed by atoms with Crippen LogP contribution in [0.3, 0.4) is 0 Å². The average Bonchev–Trinajstić information content (AvgIpc) is 2.41. The van der Waals surface area contributed by atoms with Gasteiger partial charge in [0.1, 0.15) is 5.76 Å². The molecule has 0 bridgehead atoms. The molecule has 1 atom stereocenters. The van der Waals surface area contributed by atoms with Crippen LogP contribution in [0.2, 0.25) is 0 Å². The van der Waals surface area contributed by atoms with E-state index in [0.717, 1.165) is 23.8 Å². The van der Waals surface area contributed by atoms with E-state index in [9.17, 15) is 0 Å². The van der Waals surface area contributed by atoms with E-state index in [4.69, 9.17) is 10.5 Å². The normalized spacial score (nSPS) is 31.4. The fourth-order valence-corrected chi connectivity index (χ4v) is 3.66. The van der Waals surface area contributed by atoms with Gasteiger partial charge in [-0.15, -0.1) is 0 Å². The van der Waals surface area contributed by atoms with Gasteiger partial charge in [-0.05, 0) is 71.4 Å². The van der Waals surface area contributed by atoms with Crippen LogP contribution in [-0.4, -0.2) is 19.2 Å². The molecule has 3 heteroatoms. The van der Waals surface area contributed by atoms with E-state index < -0.39 is 0 Å². The lowest BCUT2D eigenvalue weighted by Gasteiger charge is -2.36. The summed E-state index contributed by atoms with van der Waals surface area (Å²) in [5, 5.41) is 3.41. The molecule has 0 heterocycles. The van der Waals surface area contributed by atoms with Crippen LogP contribution < -0.4 is 11.1 Å². The fraction of sp³-hybridized carbons (Fsp3) is 0.765. The van der Waals surface area contributed by atoms with Gasteiger partial charge in [-0.3, -0.25) is 0 Å². The van der Waals surface area contributed by atoms with Gasteiger partial charge >= 0.3 is 0 Å². The molecule has 0 saturated heterocycles. The lowest BCUT2D eigenvalue weighted by Crippen LogP contribution is -2.33. The van der Waals surface area contributed by atoms with E-state index in [1.54, 1.807) is 0 Å². The second-order valence-corrected chi connectivity index (χ2v) is 6.64. The topological polar surface area (TPSA) is 47.3 Å². The number of nitrogens with two attached hydrogens (primary N) is 1. The zero-order chi connectivity index (χ0) is 14.7. The summed E-state index contributed by atoms with van der Waals surface area (Å²) in [6.45, 7) is 6.37. The minimum atomic E-state index is 0.205. The number of ether oxygens (including phenoxy) is 1. The molecule has 0 radical (unpaired) electrons. The van der Waals surface area contributed by atoms with Gasteiger partial charge in [0.2, 0.25) is 0 Å². The standard InChI is InChI=1S/C17H30N2O/c1-11(2)20-17-10-15(12(3)9-16(17)18)13-5-7-14(19-4)8-6-13/h9,11,13-15,19H,5-8,10,18H2,1-4H3. The van der Waals surface area contributed by atoms with Gasteiger partial charge in [0.05, 0.1) is 11.8 Å². The van der Waals surface area contributed by atoms with Crippen molar-refractivity contribution in [2.45, 2.75) is 65.0 Å². The maximum Gasteiger partial charge on any atom is 0.120 e. The predicted molar refractivity (Wildman–Crippen MR) is 84.1 cm³/mol. The summed E-state index contributed by atoms with van der Waals surface area (Å²) in [4.78, 5) is 0. The van der Waals surface area contributed by atoms with Gasteiger partial charge in [-0.2, -0.15) is 0 Å². The first-order chi connectivity index (χ1) is 9.51. The Morgan fingerprint density at radius 1 is 1.25 bits per heavy atom. The van der Waals surface area contributed by atoms with E-state index in [0.29, 0.717) is 12.0 Å². The Morgan fingerprint density at radius 2 is 1.90 bits per heavy atom. The van der Waals surface area contributed by atoms with Crippen LogP contribution in [0, 0.1) is 11.8 Å². The monoisotopic (exact) mass is 278 g/mol. The van der Waals surface area contributed by atoms with Gasteiger partial charge in [0.25, 0.3) is 0 Å². The summed E-state index contributed by atoms with van der Waals surface area (Å²) in [6.07, 6.45) is 8.55. The summed E-state index contributed by atoms with van der Waals surface area (Å²) in [5.74, 6) is 2.41. The van der Waals surface area contributed by atoms with E-state index in [1.165, 1.54) is 31.3 Å². The van der Waals surface area contributed by atoms with Crippen molar-refractivity contribution in [3.63, 3.8) is 0 Å². The van der Waals surface area contributed by atoms with Gasteiger partial charge in [-0.25, -0.2) is 0 Å². The van der Waals surface area contributed by atoms with Gasteiger partial charge < -0.3 is 15.8 Å². The van der Waals surface area contributed by atoms with E-state index in [2.05, 4.69) is 39.2 Å². The number of hydrogen-bond donors (Lipinski definition) is 2. The highest BCUT2D eigenvalue weighted by Gasteiger charge is 2.31. The first-order valence-corrected chi connectivity index (χ1v) is 8.02. The maximum atomic E-state index is 6.12. The SMILES string of the molecule is CNC1CCC(C2CC(OC(C)C)=C(N)C=C2C)CC1. The number of rotatable bonds is 4. The van der Waals surface area contributed by atoms with Gasteiger partial charge in [0.15, 0.2) is 0 Å². The zero-order valence-electron chi connectivity index (χ0n) is 13.4. The van der Waals surface area contributed by atoms with Crippen molar-refractivity contribution in [2.24, 2.45) is 17.6 Å². The molecule has 1 unspecified atom stereocenters. The highest BCUT2D eigenvalue weighted by atomic mass is 16.5. The molecule has 0 spiro atoms. The fourth-order valence-electron chi connectivity index (χ4n) is 3.66. The van der Waals surface area contributed by atoms with Gasteiger partial charge in [-0.1, -0.05) is 5.57 Å². The average molecular weight is 278 g/mol. The molecule has 1 saturated carbocycles. The lowest BCUT2D eigenvalue weighted by molar-refractivity contribution is 0.120. The molecule has 114 valence electrons. The van der Waals surface area contributed by atoms with Crippen LogP contribution in [0.25, 0.3) is 0 Å². The van der Waals surface area contributed by atoms with Crippen molar-refractivity contribution < 1.29 is 4.74 Å². The number of nitrogens with one attached hydrogen (secondary N) is 1.